The lowest BCUT2D eigenvalue weighted by molar-refractivity contribution is -0.116. The fraction of sp³-hybridized carbons (Fsp3) is 0.150. The highest BCUT2D eigenvalue weighted by molar-refractivity contribution is 6.39. The highest BCUT2D eigenvalue weighted by Gasteiger charge is 2.20. The molecule has 0 aliphatic carbocycles. The molecule has 5 nitrogen and oxygen atoms in total. The molecular weight excluding hydrogens is 385 g/mol. The van der Waals surface area contributed by atoms with Gasteiger partial charge in [0.25, 0.3) is 5.91 Å². The van der Waals surface area contributed by atoms with Gasteiger partial charge in [-0.3, -0.25) is 14.6 Å². The van der Waals surface area contributed by atoms with Crippen LogP contribution in [-0.2, 0) is 4.79 Å². The van der Waals surface area contributed by atoms with Gasteiger partial charge in [0.15, 0.2) is 0 Å². The molecule has 0 spiro atoms. The third kappa shape index (κ3) is 4.21. The number of hydrogen-bond acceptors (Lipinski definition) is 3. The summed E-state index contributed by atoms with van der Waals surface area (Å²) < 4.78 is 0. The van der Waals surface area contributed by atoms with Crippen molar-refractivity contribution in [1.82, 2.24) is 9.88 Å². The number of benzene rings is 2. The Morgan fingerprint density at radius 2 is 1.70 bits per heavy atom. The van der Waals surface area contributed by atoms with Crippen molar-refractivity contribution in [3.63, 3.8) is 0 Å². The Morgan fingerprint density at radius 1 is 1.04 bits per heavy atom. The van der Waals surface area contributed by atoms with Gasteiger partial charge in [0, 0.05) is 18.1 Å². The minimum atomic E-state index is -0.381. The zero-order chi connectivity index (χ0) is 19.4. The first kappa shape index (κ1) is 19.1. The second kappa shape index (κ2) is 8.37. The number of anilines is 1. The highest BCUT2D eigenvalue weighted by Crippen LogP contribution is 2.29. The van der Waals surface area contributed by atoms with Crippen LogP contribution in [0.15, 0.2) is 54.7 Å². The molecule has 2 amide bonds. The fourth-order valence-corrected chi connectivity index (χ4v) is 3.24. The number of hydrogen-bond donors (Lipinski definition) is 1. The second-order valence-corrected chi connectivity index (χ2v) is 6.66. The van der Waals surface area contributed by atoms with E-state index in [2.05, 4.69) is 10.3 Å². The maximum absolute atomic E-state index is 13.0. The van der Waals surface area contributed by atoms with Crippen molar-refractivity contribution in [1.29, 1.82) is 0 Å². The smallest absolute Gasteiger partial charge is 0.256 e. The first-order chi connectivity index (χ1) is 13.0. The summed E-state index contributed by atoms with van der Waals surface area (Å²) >= 11 is 12.2. The number of likely N-dealkylation sites (N-methyl/N-ethyl adjacent to an activating group) is 1. The van der Waals surface area contributed by atoms with Crippen LogP contribution in [0.3, 0.4) is 0 Å². The van der Waals surface area contributed by atoms with Crippen molar-refractivity contribution < 1.29 is 9.59 Å². The zero-order valence-corrected chi connectivity index (χ0v) is 16.1. The average molecular weight is 402 g/mol. The van der Waals surface area contributed by atoms with E-state index >= 15 is 0 Å². The van der Waals surface area contributed by atoms with Gasteiger partial charge >= 0.3 is 0 Å². The number of halogens is 2. The van der Waals surface area contributed by atoms with Crippen LogP contribution in [0.1, 0.15) is 17.3 Å². The molecule has 0 aliphatic rings. The van der Waals surface area contributed by atoms with E-state index in [4.69, 9.17) is 23.2 Å². The van der Waals surface area contributed by atoms with Crippen LogP contribution in [0.2, 0.25) is 10.0 Å². The van der Waals surface area contributed by atoms with E-state index < -0.39 is 0 Å². The summed E-state index contributed by atoms with van der Waals surface area (Å²) in [6, 6.07) is 14.1. The molecule has 3 rings (SSSR count). The highest BCUT2D eigenvalue weighted by atomic mass is 35.5. The molecular formula is C20H17Cl2N3O2. The molecule has 3 aromatic rings. The summed E-state index contributed by atoms with van der Waals surface area (Å²) in [6.07, 6.45) is 1.64. The number of carbonyl (C=O) groups excluding carboxylic acids is 2. The molecule has 1 heterocycles. The first-order valence-corrected chi connectivity index (χ1v) is 9.13. The monoisotopic (exact) mass is 401 g/mol. The van der Waals surface area contributed by atoms with E-state index in [0.717, 1.165) is 5.39 Å². The van der Waals surface area contributed by atoms with Crippen LogP contribution in [-0.4, -0.2) is 34.8 Å². The zero-order valence-electron chi connectivity index (χ0n) is 14.6. The van der Waals surface area contributed by atoms with E-state index in [0.29, 0.717) is 33.4 Å². The molecule has 27 heavy (non-hydrogen) atoms. The molecule has 0 fully saturated rings. The predicted octanol–water partition coefficient (Wildman–Crippen LogP) is 4.64. The van der Waals surface area contributed by atoms with Crippen molar-refractivity contribution in [3.05, 3.63) is 70.3 Å². The summed E-state index contributed by atoms with van der Waals surface area (Å²) in [7, 11) is 0. The summed E-state index contributed by atoms with van der Waals surface area (Å²) in [5, 5.41) is 4.21. The lowest BCUT2D eigenvalue weighted by atomic mass is 10.1. The second-order valence-electron chi connectivity index (χ2n) is 5.84. The third-order valence-electron chi connectivity index (χ3n) is 4.09. The Hall–Kier alpha value is -2.63. The predicted molar refractivity (Wildman–Crippen MR) is 108 cm³/mol. The summed E-state index contributed by atoms with van der Waals surface area (Å²) in [4.78, 5) is 31.2. The molecule has 0 atom stereocenters. The third-order valence-corrected chi connectivity index (χ3v) is 4.72. The molecule has 0 saturated heterocycles. The van der Waals surface area contributed by atoms with Gasteiger partial charge in [-0.1, -0.05) is 47.5 Å². The number of amides is 2. The van der Waals surface area contributed by atoms with E-state index in [9.17, 15) is 9.59 Å². The summed E-state index contributed by atoms with van der Waals surface area (Å²) in [5.41, 5.74) is 1.40. The van der Waals surface area contributed by atoms with Gasteiger partial charge in [0.1, 0.15) is 6.54 Å². The van der Waals surface area contributed by atoms with Gasteiger partial charge in [0.05, 0.1) is 26.8 Å². The lowest BCUT2D eigenvalue weighted by Crippen LogP contribution is -2.38. The van der Waals surface area contributed by atoms with Crippen molar-refractivity contribution in [2.75, 3.05) is 18.4 Å². The minimum absolute atomic E-state index is 0.125. The number of carbonyl (C=O) groups is 2. The van der Waals surface area contributed by atoms with Gasteiger partial charge in [-0.25, -0.2) is 0 Å². The van der Waals surface area contributed by atoms with Crippen molar-refractivity contribution in [2.45, 2.75) is 6.92 Å². The molecule has 0 unspecified atom stereocenters. The normalized spacial score (nSPS) is 10.6. The Balaban J connectivity index is 1.80. The molecule has 2 aromatic carbocycles. The standard InChI is InChI=1S/C20H17Cl2N3O2/c1-2-25(12-17(26)24-19-15(21)9-4-10-16(19)22)20(27)14-8-3-6-13-7-5-11-23-18(13)14/h3-11H,2,12H2,1H3,(H,24,26). The topological polar surface area (TPSA) is 62.3 Å². The van der Waals surface area contributed by atoms with Crippen molar-refractivity contribution in [2.24, 2.45) is 0 Å². The SMILES string of the molecule is CCN(CC(=O)Nc1c(Cl)cccc1Cl)C(=O)c1cccc2cccnc12. The van der Waals surface area contributed by atoms with Crippen molar-refractivity contribution >= 4 is 51.6 Å². The van der Waals surface area contributed by atoms with E-state index in [1.54, 1.807) is 36.5 Å². The van der Waals surface area contributed by atoms with Crippen LogP contribution >= 0.6 is 23.2 Å². The first-order valence-electron chi connectivity index (χ1n) is 8.38. The summed E-state index contributed by atoms with van der Waals surface area (Å²) in [6.45, 7) is 2.05. The number of nitrogens with zero attached hydrogens (tertiary/aromatic N) is 2. The van der Waals surface area contributed by atoms with Gasteiger partial charge in [-0.05, 0) is 31.2 Å². The Labute approximate surface area is 166 Å². The average Bonchev–Trinajstić information content (AvgIpc) is 2.68. The number of pyridine rings is 1. The maximum Gasteiger partial charge on any atom is 0.256 e. The minimum Gasteiger partial charge on any atom is -0.330 e. The number of para-hydroxylation sites is 2. The number of fused-ring (bicyclic) bond motifs is 1. The van der Waals surface area contributed by atoms with Crippen LogP contribution in [0.25, 0.3) is 10.9 Å². The quantitative estimate of drug-likeness (QED) is 0.676. The van der Waals surface area contributed by atoms with Crippen LogP contribution in [0.4, 0.5) is 5.69 Å². The Morgan fingerprint density at radius 3 is 2.41 bits per heavy atom. The number of nitrogens with one attached hydrogen (secondary N) is 1. The van der Waals surface area contributed by atoms with Gasteiger partial charge in [-0.2, -0.15) is 0 Å². The van der Waals surface area contributed by atoms with E-state index in [1.165, 1.54) is 4.90 Å². The molecule has 7 heteroatoms. The molecule has 138 valence electrons. The molecule has 0 radical (unpaired) electrons. The lowest BCUT2D eigenvalue weighted by Gasteiger charge is -2.21. The molecule has 1 aromatic heterocycles. The van der Waals surface area contributed by atoms with Crippen LogP contribution in [0, 0.1) is 0 Å². The Kier molecular flexibility index (Phi) is 5.94. The van der Waals surface area contributed by atoms with E-state index in [-0.39, 0.29) is 18.4 Å². The largest absolute Gasteiger partial charge is 0.330 e. The van der Waals surface area contributed by atoms with Crippen LogP contribution < -0.4 is 5.32 Å². The fourth-order valence-electron chi connectivity index (χ4n) is 2.74. The van der Waals surface area contributed by atoms with Gasteiger partial charge in [0.2, 0.25) is 5.91 Å². The molecule has 0 aliphatic heterocycles. The number of aromatic nitrogens is 1. The molecule has 0 bridgehead atoms. The van der Waals surface area contributed by atoms with Crippen molar-refractivity contribution in [3.8, 4) is 0 Å². The molecule has 1 N–H and O–H groups in total. The van der Waals surface area contributed by atoms with Gasteiger partial charge in [-0.15, -0.1) is 0 Å². The summed E-state index contributed by atoms with van der Waals surface area (Å²) in [5.74, 6) is -0.643. The number of rotatable bonds is 5. The Bertz CT molecular complexity index is 982. The van der Waals surface area contributed by atoms with Crippen LogP contribution in [0.5, 0.6) is 0 Å². The van der Waals surface area contributed by atoms with E-state index in [1.807, 2.05) is 25.1 Å². The maximum atomic E-state index is 13.0. The molecule has 0 saturated carbocycles. The van der Waals surface area contributed by atoms with Gasteiger partial charge < -0.3 is 10.2 Å².